The molecule has 1 heterocycles. The maximum absolute atomic E-state index is 12.3. The number of hydrogen-bond acceptors (Lipinski definition) is 6. The molecular weight excluding hydrogens is 454 g/mol. The van der Waals surface area contributed by atoms with Crippen LogP contribution in [0.5, 0.6) is 17.2 Å². The minimum Gasteiger partial charge on any atom is -0.490 e. The summed E-state index contributed by atoms with van der Waals surface area (Å²) in [6.07, 6.45) is 1.75. The van der Waals surface area contributed by atoms with Crippen LogP contribution in [0.4, 0.5) is 0 Å². The van der Waals surface area contributed by atoms with E-state index in [0.29, 0.717) is 45.6 Å². The van der Waals surface area contributed by atoms with Gasteiger partial charge in [-0.1, -0.05) is 41.6 Å². The number of likely N-dealkylation sites (N-methyl/N-ethyl adjacent to an activating group) is 1. The molecule has 2 aromatic carbocycles. The highest BCUT2D eigenvalue weighted by Crippen LogP contribution is 2.39. The number of amides is 1. The van der Waals surface area contributed by atoms with E-state index in [-0.39, 0.29) is 5.91 Å². The molecule has 0 radical (unpaired) electrons. The molecule has 1 amide bonds. The van der Waals surface area contributed by atoms with Crippen molar-refractivity contribution in [3.8, 4) is 17.2 Å². The highest BCUT2D eigenvalue weighted by molar-refractivity contribution is 8.26. The Morgan fingerprint density at radius 3 is 2.35 bits per heavy atom. The third kappa shape index (κ3) is 5.93. The van der Waals surface area contributed by atoms with Crippen molar-refractivity contribution in [3.05, 3.63) is 56.9 Å². The van der Waals surface area contributed by atoms with Crippen LogP contribution in [-0.2, 0) is 4.79 Å². The lowest BCUT2D eigenvalue weighted by molar-refractivity contribution is -0.121. The lowest BCUT2D eigenvalue weighted by atomic mass is 10.1. The van der Waals surface area contributed by atoms with Gasteiger partial charge < -0.3 is 14.2 Å². The Balaban J connectivity index is 1.71. The number of benzene rings is 2. The number of aryl methyl sites for hydroxylation is 2. The minimum atomic E-state index is -0.132. The summed E-state index contributed by atoms with van der Waals surface area (Å²) in [5.41, 5.74) is 3.03. The maximum atomic E-state index is 12.3. The van der Waals surface area contributed by atoms with Crippen LogP contribution >= 0.6 is 35.6 Å². The van der Waals surface area contributed by atoms with Gasteiger partial charge in [0.25, 0.3) is 5.91 Å². The van der Waals surface area contributed by atoms with Gasteiger partial charge in [0.05, 0.1) is 16.5 Å². The molecule has 1 saturated heterocycles. The van der Waals surface area contributed by atoms with Crippen LogP contribution in [-0.4, -0.2) is 42.0 Å². The second-order valence-corrected chi connectivity index (χ2v) is 9.11. The number of thiocarbonyl (C=S) groups is 1. The second kappa shape index (κ2) is 10.4. The van der Waals surface area contributed by atoms with Gasteiger partial charge in [-0.2, -0.15) is 0 Å². The molecule has 2 aromatic rings. The Hall–Kier alpha value is -2.22. The van der Waals surface area contributed by atoms with Crippen LogP contribution < -0.4 is 14.2 Å². The Morgan fingerprint density at radius 1 is 1.06 bits per heavy atom. The number of ether oxygens (including phenoxy) is 3. The number of carbonyl (C=O) groups excluding carboxylic acids is 1. The van der Waals surface area contributed by atoms with Crippen molar-refractivity contribution in [2.24, 2.45) is 0 Å². The molecule has 31 heavy (non-hydrogen) atoms. The van der Waals surface area contributed by atoms with Crippen LogP contribution in [0.15, 0.2) is 35.2 Å². The molecular formula is C23H24ClNO4S2. The van der Waals surface area contributed by atoms with Gasteiger partial charge >= 0.3 is 0 Å². The quantitative estimate of drug-likeness (QED) is 0.278. The van der Waals surface area contributed by atoms with E-state index >= 15 is 0 Å². The standard InChI is InChI=1S/C23H24ClNO4S2/c1-5-27-19-12-16(13-20-22(26)25(4)23(30)31-20)11-18(24)21(19)29-7-6-28-17-9-14(2)8-15(3)10-17/h8-13H,5-7H2,1-4H3/b20-13-. The van der Waals surface area contributed by atoms with Gasteiger partial charge in [0.1, 0.15) is 23.3 Å². The number of nitrogens with zero attached hydrogens (tertiary/aromatic N) is 1. The predicted molar refractivity (Wildman–Crippen MR) is 130 cm³/mol. The fourth-order valence-electron chi connectivity index (χ4n) is 3.09. The highest BCUT2D eigenvalue weighted by Gasteiger charge is 2.28. The van der Waals surface area contributed by atoms with Crippen LogP contribution in [0.2, 0.25) is 5.02 Å². The van der Waals surface area contributed by atoms with Crippen molar-refractivity contribution in [2.45, 2.75) is 20.8 Å². The summed E-state index contributed by atoms with van der Waals surface area (Å²) in [4.78, 5) is 14.3. The molecule has 0 aliphatic carbocycles. The Morgan fingerprint density at radius 2 is 1.74 bits per heavy atom. The smallest absolute Gasteiger partial charge is 0.265 e. The van der Waals surface area contributed by atoms with Crippen LogP contribution in [0, 0.1) is 13.8 Å². The average Bonchev–Trinajstić information content (AvgIpc) is 2.93. The van der Waals surface area contributed by atoms with Crippen LogP contribution in [0.25, 0.3) is 6.08 Å². The topological polar surface area (TPSA) is 48.0 Å². The van der Waals surface area contributed by atoms with Gasteiger partial charge in [-0.15, -0.1) is 0 Å². The number of carbonyl (C=O) groups is 1. The first-order valence-corrected chi connectivity index (χ1v) is 11.4. The molecule has 0 bridgehead atoms. The van der Waals surface area contributed by atoms with E-state index in [1.54, 1.807) is 25.3 Å². The van der Waals surface area contributed by atoms with Gasteiger partial charge in [0, 0.05) is 7.05 Å². The molecule has 8 heteroatoms. The normalized spacial score (nSPS) is 15.0. The molecule has 0 N–H and O–H groups in total. The molecule has 0 saturated carbocycles. The third-order valence-corrected chi connectivity index (χ3v) is 6.18. The van der Waals surface area contributed by atoms with E-state index in [0.717, 1.165) is 22.4 Å². The maximum Gasteiger partial charge on any atom is 0.265 e. The number of hydrogen-bond donors (Lipinski definition) is 0. The lowest BCUT2D eigenvalue weighted by Gasteiger charge is -2.15. The van der Waals surface area contributed by atoms with E-state index < -0.39 is 0 Å². The fourth-order valence-corrected chi connectivity index (χ4v) is 4.54. The van der Waals surface area contributed by atoms with Gasteiger partial charge in [0.2, 0.25) is 0 Å². The zero-order chi connectivity index (χ0) is 22.5. The van der Waals surface area contributed by atoms with Gasteiger partial charge in [0.15, 0.2) is 11.5 Å². The highest BCUT2D eigenvalue weighted by atomic mass is 35.5. The Labute approximate surface area is 197 Å². The predicted octanol–water partition coefficient (Wildman–Crippen LogP) is 5.64. The van der Waals surface area contributed by atoms with Gasteiger partial charge in [-0.3, -0.25) is 9.69 Å². The Kier molecular flexibility index (Phi) is 7.86. The van der Waals surface area contributed by atoms with Crippen molar-refractivity contribution >= 4 is 51.9 Å². The molecule has 0 atom stereocenters. The lowest BCUT2D eigenvalue weighted by Crippen LogP contribution is -2.22. The van der Waals surface area contributed by atoms with Crippen LogP contribution in [0.1, 0.15) is 23.6 Å². The zero-order valence-electron chi connectivity index (χ0n) is 17.9. The van der Waals surface area contributed by atoms with Crippen molar-refractivity contribution < 1.29 is 19.0 Å². The van der Waals surface area contributed by atoms with Crippen molar-refractivity contribution in [3.63, 3.8) is 0 Å². The third-order valence-electron chi connectivity index (χ3n) is 4.41. The summed E-state index contributed by atoms with van der Waals surface area (Å²) in [6, 6.07) is 9.61. The molecule has 5 nitrogen and oxygen atoms in total. The van der Waals surface area contributed by atoms with E-state index in [1.807, 2.05) is 32.9 Å². The molecule has 0 spiro atoms. The summed E-state index contributed by atoms with van der Waals surface area (Å²) in [5.74, 6) is 1.64. The van der Waals surface area contributed by atoms with Crippen molar-refractivity contribution in [1.29, 1.82) is 0 Å². The van der Waals surface area contributed by atoms with Crippen molar-refractivity contribution in [2.75, 3.05) is 26.9 Å². The fraction of sp³-hybridized carbons (Fsp3) is 0.304. The van der Waals surface area contributed by atoms with E-state index in [4.69, 9.17) is 38.0 Å². The van der Waals surface area contributed by atoms with Gasteiger partial charge in [-0.25, -0.2) is 0 Å². The molecule has 164 valence electrons. The van der Waals surface area contributed by atoms with Crippen LogP contribution in [0.3, 0.4) is 0 Å². The van der Waals surface area contributed by atoms with Gasteiger partial charge in [-0.05, 0) is 67.8 Å². The summed E-state index contributed by atoms with van der Waals surface area (Å²) in [7, 11) is 1.66. The summed E-state index contributed by atoms with van der Waals surface area (Å²) >= 11 is 12.9. The van der Waals surface area contributed by atoms with E-state index in [2.05, 4.69) is 6.07 Å². The number of rotatable bonds is 8. The first-order valence-electron chi connectivity index (χ1n) is 9.80. The molecule has 0 aromatic heterocycles. The SMILES string of the molecule is CCOc1cc(/C=C2\SC(=S)N(C)C2=O)cc(Cl)c1OCCOc1cc(C)cc(C)c1. The monoisotopic (exact) mass is 477 g/mol. The summed E-state index contributed by atoms with van der Waals surface area (Å²) in [6.45, 7) is 7.07. The number of thioether (sulfide) groups is 1. The number of halogens is 1. The minimum absolute atomic E-state index is 0.132. The summed E-state index contributed by atoms with van der Waals surface area (Å²) < 4.78 is 17.9. The molecule has 1 aliphatic heterocycles. The first kappa shape index (κ1) is 23.4. The van der Waals surface area contributed by atoms with E-state index in [1.165, 1.54) is 16.7 Å². The summed E-state index contributed by atoms with van der Waals surface area (Å²) in [5, 5.41) is 0.399. The molecule has 1 fully saturated rings. The second-order valence-electron chi connectivity index (χ2n) is 7.02. The zero-order valence-corrected chi connectivity index (χ0v) is 20.2. The molecule has 1 aliphatic rings. The average molecular weight is 478 g/mol. The first-order chi connectivity index (χ1) is 14.8. The Bertz CT molecular complexity index is 1020. The van der Waals surface area contributed by atoms with E-state index in [9.17, 15) is 4.79 Å². The molecule has 0 unspecified atom stereocenters. The molecule has 3 rings (SSSR count). The van der Waals surface area contributed by atoms with Crippen molar-refractivity contribution in [1.82, 2.24) is 4.90 Å². The largest absolute Gasteiger partial charge is 0.490 e.